The van der Waals surface area contributed by atoms with Gasteiger partial charge in [-0.15, -0.1) is 23.5 Å². The van der Waals surface area contributed by atoms with Crippen molar-refractivity contribution >= 4 is 23.5 Å². The molecule has 4 nitrogen and oxygen atoms in total. The average Bonchev–Trinajstić information content (AvgIpc) is 2.89. The first kappa shape index (κ1) is 14.6. The summed E-state index contributed by atoms with van der Waals surface area (Å²) >= 11 is 3.11. The molecule has 19 heavy (non-hydrogen) atoms. The first-order valence-electron chi connectivity index (χ1n) is 5.71. The lowest BCUT2D eigenvalue weighted by molar-refractivity contribution is 0.324. The van der Waals surface area contributed by atoms with Gasteiger partial charge in [-0.1, -0.05) is 0 Å². The van der Waals surface area contributed by atoms with Gasteiger partial charge in [0.05, 0.1) is 32.0 Å². The summed E-state index contributed by atoms with van der Waals surface area (Å²) in [6.45, 7) is -0.0731. The number of hydrogen-bond donors (Lipinski definition) is 2. The Labute approximate surface area is 120 Å². The Balaban J connectivity index is 2.24. The van der Waals surface area contributed by atoms with Crippen LogP contribution in [0, 0.1) is 0 Å². The summed E-state index contributed by atoms with van der Waals surface area (Å²) in [6.07, 6.45) is 0. The summed E-state index contributed by atoms with van der Waals surface area (Å²) in [5.41, 5.74) is 1.04. The first-order valence-corrected chi connectivity index (χ1v) is 7.47. The number of benzene rings is 1. The smallest absolute Gasteiger partial charge is 0.122 e. The van der Waals surface area contributed by atoms with E-state index in [1.807, 2.05) is 18.2 Å². The Morgan fingerprint density at radius 3 is 1.79 bits per heavy atom. The molecule has 2 N–H and O–H groups in total. The molecule has 0 saturated carbocycles. The maximum atomic E-state index is 9.28. The second kappa shape index (κ2) is 6.56. The van der Waals surface area contributed by atoms with E-state index in [-0.39, 0.29) is 17.8 Å². The molecule has 0 saturated heterocycles. The number of aliphatic hydroxyl groups is 2. The molecule has 1 aromatic rings. The topological polar surface area (TPSA) is 58.9 Å². The third-order valence-electron chi connectivity index (χ3n) is 2.74. The molecule has 104 valence electrons. The molecule has 2 rings (SSSR count). The van der Waals surface area contributed by atoms with Crippen molar-refractivity contribution in [2.24, 2.45) is 0 Å². The van der Waals surface area contributed by atoms with Crippen molar-refractivity contribution in [2.75, 3.05) is 27.4 Å². The number of aliphatic hydroxyl groups excluding tert-OH is 2. The quantitative estimate of drug-likeness (QED) is 0.870. The normalized spacial score (nSPS) is 16.0. The molecule has 0 aliphatic carbocycles. The second-order valence-electron chi connectivity index (χ2n) is 3.88. The molecular weight excluding hydrogens is 284 g/mol. The van der Waals surface area contributed by atoms with Crippen LogP contribution in [0.2, 0.25) is 0 Å². The number of hydrogen-bond acceptors (Lipinski definition) is 6. The van der Waals surface area contributed by atoms with E-state index < -0.39 is 0 Å². The highest BCUT2D eigenvalue weighted by molar-refractivity contribution is 8.22. The van der Waals surface area contributed by atoms with Crippen LogP contribution < -0.4 is 9.47 Å². The van der Waals surface area contributed by atoms with E-state index in [1.165, 1.54) is 0 Å². The summed E-state index contributed by atoms with van der Waals surface area (Å²) in [5.74, 6) is 1.47. The molecule has 1 aromatic carbocycles. The van der Waals surface area contributed by atoms with Crippen molar-refractivity contribution in [3.05, 3.63) is 33.6 Å². The van der Waals surface area contributed by atoms with E-state index in [0.29, 0.717) is 0 Å². The molecule has 1 aliphatic heterocycles. The van der Waals surface area contributed by atoms with Crippen LogP contribution in [0.25, 0.3) is 0 Å². The predicted octanol–water partition coefficient (Wildman–Crippen LogP) is 2.38. The lowest BCUT2D eigenvalue weighted by Crippen LogP contribution is -1.92. The van der Waals surface area contributed by atoms with E-state index in [2.05, 4.69) is 0 Å². The van der Waals surface area contributed by atoms with Crippen LogP contribution in [0.4, 0.5) is 0 Å². The fraction of sp³-hybridized carbons (Fsp3) is 0.385. The zero-order chi connectivity index (χ0) is 13.8. The SMILES string of the molecule is COc1cc(OC)cc(C2SC(CO)=C(CO)S2)c1. The van der Waals surface area contributed by atoms with Crippen molar-refractivity contribution in [3.63, 3.8) is 0 Å². The minimum atomic E-state index is -0.0365. The molecule has 0 aromatic heterocycles. The molecule has 0 amide bonds. The van der Waals surface area contributed by atoms with Crippen LogP contribution in [-0.4, -0.2) is 37.6 Å². The fourth-order valence-corrected chi connectivity index (χ4v) is 4.55. The predicted molar refractivity (Wildman–Crippen MR) is 78.7 cm³/mol. The van der Waals surface area contributed by atoms with Gasteiger partial charge in [-0.2, -0.15) is 0 Å². The van der Waals surface area contributed by atoms with Crippen molar-refractivity contribution in [3.8, 4) is 11.5 Å². The molecule has 0 radical (unpaired) electrons. The number of ether oxygens (including phenoxy) is 2. The Bertz CT molecular complexity index is 449. The van der Waals surface area contributed by atoms with Gasteiger partial charge in [-0.05, 0) is 17.7 Å². The molecule has 0 fully saturated rings. The first-order chi connectivity index (χ1) is 9.21. The molecule has 1 aliphatic rings. The highest BCUT2D eigenvalue weighted by Crippen LogP contribution is 2.55. The second-order valence-corrected chi connectivity index (χ2v) is 6.57. The van der Waals surface area contributed by atoms with Crippen LogP contribution in [0.1, 0.15) is 10.1 Å². The Morgan fingerprint density at radius 1 is 0.947 bits per heavy atom. The van der Waals surface area contributed by atoms with Crippen LogP contribution in [0.3, 0.4) is 0 Å². The molecule has 0 spiro atoms. The molecular formula is C13H16O4S2. The van der Waals surface area contributed by atoms with Crippen molar-refractivity contribution in [1.82, 2.24) is 0 Å². The van der Waals surface area contributed by atoms with Gasteiger partial charge >= 0.3 is 0 Å². The van der Waals surface area contributed by atoms with Gasteiger partial charge in [0.2, 0.25) is 0 Å². The van der Waals surface area contributed by atoms with Gasteiger partial charge in [0.25, 0.3) is 0 Å². The maximum absolute atomic E-state index is 9.28. The molecule has 6 heteroatoms. The third kappa shape index (κ3) is 3.20. The van der Waals surface area contributed by atoms with Crippen LogP contribution >= 0.6 is 23.5 Å². The van der Waals surface area contributed by atoms with E-state index in [4.69, 9.17) is 9.47 Å². The highest BCUT2D eigenvalue weighted by atomic mass is 32.2. The van der Waals surface area contributed by atoms with Crippen LogP contribution in [0.15, 0.2) is 28.0 Å². The van der Waals surface area contributed by atoms with Gasteiger partial charge in [-0.25, -0.2) is 0 Å². The summed E-state index contributed by atoms with van der Waals surface area (Å²) in [7, 11) is 3.23. The lowest BCUT2D eigenvalue weighted by atomic mass is 10.2. The van der Waals surface area contributed by atoms with Crippen molar-refractivity contribution in [1.29, 1.82) is 0 Å². The largest absolute Gasteiger partial charge is 0.497 e. The standard InChI is InChI=1S/C13H16O4S2/c1-16-9-3-8(4-10(5-9)17-2)13-18-11(6-14)12(7-15)19-13/h3-5,13-15H,6-7H2,1-2H3. The van der Waals surface area contributed by atoms with E-state index in [9.17, 15) is 10.2 Å². The van der Waals surface area contributed by atoms with Gasteiger partial charge in [0.15, 0.2) is 0 Å². The molecule has 1 heterocycles. The van der Waals surface area contributed by atoms with Crippen LogP contribution in [0.5, 0.6) is 11.5 Å². The van der Waals surface area contributed by atoms with E-state index in [1.54, 1.807) is 37.7 Å². The average molecular weight is 300 g/mol. The van der Waals surface area contributed by atoms with Crippen molar-refractivity contribution in [2.45, 2.75) is 4.58 Å². The number of methoxy groups -OCH3 is 2. The molecule has 0 atom stereocenters. The zero-order valence-corrected chi connectivity index (χ0v) is 12.4. The monoisotopic (exact) mass is 300 g/mol. The Kier molecular flexibility index (Phi) is 5.04. The highest BCUT2D eigenvalue weighted by Gasteiger charge is 2.27. The van der Waals surface area contributed by atoms with Gasteiger partial charge < -0.3 is 19.7 Å². The lowest BCUT2D eigenvalue weighted by Gasteiger charge is -2.13. The van der Waals surface area contributed by atoms with Gasteiger partial charge in [0, 0.05) is 15.9 Å². The minimum absolute atomic E-state index is 0.0365. The maximum Gasteiger partial charge on any atom is 0.122 e. The minimum Gasteiger partial charge on any atom is -0.497 e. The number of rotatable bonds is 5. The fourth-order valence-electron chi connectivity index (χ4n) is 1.77. The van der Waals surface area contributed by atoms with E-state index in [0.717, 1.165) is 26.9 Å². The molecule has 0 bridgehead atoms. The molecule has 0 unspecified atom stereocenters. The summed E-state index contributed by atoms with van der Waals surface area (Å²) in [5, 5.41) is 18.6. The zero-order valence-electron chi connectivity index (χ0n) is 10.8. The Morgan fingerprint density at radius 2 is 1.42 bits per heavy atom. The Hall–Kier alpha value is -0.820. The van der Waals surface area contributed by atoms with Gasteiger partial charge in [-0.3, -0.25) is 0 Å². The van der Waals surface area contributed by atoms with Crippen molar-refractivity contribution < 1.29 is 19.7 Å². The third-order valence-corrected chi connectivity index (χ3v) is 5.74. The van der Waals surface area contributed by atoms with E-state index >= 15 is 0 Å². The summed E-state index contributed by atoms with van der Waals surface area (Å²) in [6, 6.07) is 5.71. The number of thioether (sulfide) groups is 2. The van der Waals surface area contributed by atoms with Gasteiger partial charge in [0.1, 0.15) is 11.5 Å². The summed E-state index contributed by atoms with van der Waals surface area (Å²) < 4.78 is 10.6. The van der Waals surface area contributed by atoms with Crippen LogP contribution in [-0.2, 0) is 0 Å². The summed E-state index contributed by atoms with van der Waals surface area (Å²) in [4.78, 5) is 1.67.